The first kappa shape index (κ1) is 45.3. The Hall–Kier alpha value is -2.70. The maximum absolute atomic E-state index is 12.1. The molecule has 0 heterocycles. The van der Waals surface area contributed by atoms with E-state index in [2.05, 4.69) is 57.2 Å². The van der Waals surface area contributed by atoms with Crippen LogP contribution >= 0.6 is 0 Å². The third-order valence-corrected chi connectivity index (χ3v) is 8.15. The Morgan fingerprint density at radius 2 is 1.25 bits per heavy atom. The first-order valence-corrected chi connectivity index (χ1v) is 19.0. The summed E-state index contributed by atoms with van der Waals surface area (Å²) >= 11 is 0. The van der Waals surface area contributed by atoms with Crippen LogP contribution in [0.2, 0.25) is 0 Å². The van der Waals surface area contributed by atoms with Crippen molar-refractivity contribution in [3.05, 3.63) is 72.9 Å². The van der Waals surface area contributed by atoms with E-state index in [0.29, 0.717) is 19.3 Å². The van der Waals surface area contributed by atoms with Gasteiger partial charge in [0.15, 0.2) is 6.10 Å². The summed E-state index contributed by atoms with van der Waals surface area (Å²) < 4.78 is 10.5. The second kappa shape index (κ2) is 35.6. The summed E-state index contributed by atoms with van der Waals surface area (Å²) in [5, 5.41) is 19.6. The summed E-state index contributed by atoms with van der Waals surface area (Å²) in [6.07, 6.45) is 42.7. The van der Waals surface area contributed by atoms with Gasteiger partial charge in [-0.05, 0) is 50.9 Å². The van der Waals surface area contributed by atoms with Crippen LogP contribution in [0, 0.1) is 5.92 Å². The molecule has 2 N–H and O–H groups in total. The lowest BCUT2D eigenvalue weighted by atomic mass is 9.99. The molecule has 3 atom stereocenters. The summed E-state index contributed by atoms with van der Waals surface area (Å²) in [7, 11) is 0. The molecule has 48 heavy (non-hydrogen) atoms. The van der Waals surface area contributed by atoms with E-state index < -0.39 is 24.8 Å². The highest BCUT2D eigenvalue weighted by Gasteiger charge is 2.15. The molecule has 0 bridgehead atoms. The Morgan fingerprint density at radius 1 is 0.667 bits per heavy atom. The smallest absolute Gasteiger partial charge is 0.306 e. The predicted molar refractivity (Wildman–Crippen MR) is 202 cm³/mol. The second-order valence-corrected chi connectivity index (χ2v) is 12.7. The van der Waals surface area contributed by atoms with Gasteiger partial charge < -0.3 is 19.7 Å². The predicted octanol–water partition coefficient (Wildman–Crippen LogP) is 10.6. The molecule has 0 amide bonds. The zero-order valence-electron chi connectivity index (χ0n) is 30.7. The molecular weight excluding hydrogens is 600 g/mol. The summed E-state index contributed by atoms with van der Waals surface area (Å²) in [5.74, 6) is 0.0871. The van der Waals surface area contributed by atoms with Crippen molar-refractivity contribution in [2.45, 2.75) is 161 Å². The van der Waals surface area contributed by atoms with Crippen LogP contribution < -0.4 is 0 Å². The van der Waals surface area contributed by atoms with Crippen LogP contribution in [0.25, 0.3) is 0 Å². The van der Waals surface area contributed by atoms with Gasteiger partial charge >= 0.3 is 11.9 Å². The molecule has 0 aliphatic heterocycles. The minimum Gasteiger partial charge on any atom is -0.462 e. The lowest BCUT2D eigenvalue weighted by molar-refractivity contribution is -0.161. The summed E-state index contributed by atoms with van der Waals surface area (Å²) in [6.45, 7) is 6.21. The monoisotopic (exact) mass is 671 g/mol. The van der Waals surface area contributed by atoms with Crippen LogP contribution in [0.1, 0.15) is 149 Å². The first-order valence-electron chi connectivity index (χ1n) is 19.0. The molecule has 0 fully saturated rings. The van der Waals surface area contributed by atoms with Gasteiger partial charge in [0.05, 0.1) is 12.7 Å². The molecule has 0 saturated carbocycles. The molecule has 0 aromatic rings. The topological polar surface area (TPSA) is 93.1 Å². The highest BCUT2D eigenvalue weighted by atomic mass is 16.6. The van der Waals surface area contributed by atoms with Gasteiger partial charge in [-0.1, -0.05) is 164 Å². The molecular formula is C42H70O6. The van der Waals surface area contributed by atoms with Crippen LogP contribution in [0.5, 0.6) is 0 Å². The summed E-state index contributed by atoms with van der Waals surface area (Å²) in [4.78, 5) is 24.2. The molecule has 0 radical (unpaired) electrons. The summed E-state index contributed by atoms with van der Waals surface area (Å²) in [5.41, 5.74) is 0. The third-order valence-electron chi connectivity index (χ3n) is 8.15. The fraction of sp³-hybridized carbons (Fsp3) is 0.667. The number of hydrogen-bond acceptors (Lipinski definition) is 6. The number of hydrogen-bond donors (Lipinski definition) is 2. The van der Waals surface area contributed by atoms with Gasteiger partial charge in [0.25, 0.3) is 0 Å². The van der Waals surface area contributed by atoms with Gasteiger partial charge in [0.2, 0.25) is 0 Å². The van der Waals surface area contributed by atoms with E-state index >= 15 is 0 Å². The number of esters is 2. The lowest BCUT2D eigenvalue weighted by Crippen LogP contribution is -2.28. The van der Waals surface area contributed by atoms with E-state index in [4.69, 9.17) is 9.47 Å². The number of rotatable bonds is 32. The Bertz CT molecular complexity index is 928. The maximum Gasteiger partial charge on any atom is 0.306 e. The number of aliphatic hydroxyl groups is 2. The van der Waals surface area contributed by atoms with Crippen molar-refractivity contribution in [2.75, 3.05) is 13.2 Å². The Kier molecular flexibility index (Phi) is 33.6. The number of carbonyl (C=O) groups excluding carboxylic acids is 2. The van der Waals surface area contributed by atoms with E-state index in [0.717, 1.165) is 50.9 Å². The molecule has 2 unspecified atom stereocenters. The second-order valence-electron chi connectivity index (χ2n) is 12.7. The molecule has 6 heteroatoms. The zero-order valence-corrected chi connectivity index (χ0v) is 30.7. The van der Waals surface area contributed by atoms with Crippen LogP contribution in [-0.2, 0) is 19.1 Å². The average molecular weight is 671 g/mol. The number of ether oxygens (including phenoxy) is 2. The largest absolute Gasteiger partial charge is 0.462 e. The molecule has 0 saturated heterocycles. The average Bonchev–Trinajstić information content (AvgIpc) is 3.08. The fourth-order valence-corrected chi connectivity index (χ4v) is 4.87. The van der Waals surface area contributed by atoms with Crippen LogP contribution in [0.3, 0.4) is 0 Å². The number of allylic oxidation sites excluding steroid dienone is 10. The highest BCUT2D eigenvalue weighted by molar-refractivity contribution is 5.70. The van der Waals surface area contributed by atoms with Crippen molar-refractivity contribution in [1.29, 1.82) is 0 Å². The van der Waals surface area contributed by atoms with E-state index in [1.54, 1.807) is 6.08 Å². The van der Waals surface area contributed by atoms with Gasteiger partial charge in [-0.15, -0.1) is 0 Å². The lowest BCUT2D eigenvalue weighted by Gasteiger charge is -2.15. The zero-order chi connectivity index (χ0) is 35.3. The Morgan fingerprint density at radius 3 is 1.85 bits per heavy atom. The summed E-state index contributed by atoms with van der Waals surface area (Å²) in [6, 6.07) is 0. The SMILES string of the molecule is CC/C=C\C/C=C\C/C=C\C/C=C\C=C/C(O)C/C=C\CCC(=O)O[C@@H](CO)COC(=O)CCCCCCCCCCCCC(C)CC. The molecule has 0 spiro atoms. The molecule has 0 aromatic carbocycles. The van der Waals surface area contributed by atoms with Crippen molar-refractivity contribution in [2.24, 2.45) is 5.92 Å². The number of unbranched alkanes of at least 4 members (excludes halogenated alkanes) is 9. The molecule has 274 valence electrons. The quantitative estimate of drug-likeness (QED) is 0.0320. The molecule has 0 rings (SSSR count). The minimum atomic E-state index is -0.856. The van der Waals surface area contributed by atoms with E-state index in [9.17, 15) is 19.8 Å². The van der Waals surface area contributed by atoms with Gasteiger partial charge in [-0.2, -0.15) is 0 Å². The van der Waals surface area contributed by atoms with Crippen molar-refractivity contribution in [3.8, 4) is 0 Å². The van der Waals surface area contributed by atoms with Crippen LogP contribution in [0.4, 0.5) is 0 Å². The molecule has 6 nitrogen and oxygen atoms in total. The van der Waals surface area contributed by atoms with Gasteiger partial charge in [0.1, 0.15) is 6.61 Å². The van der Waals surface area contributed by atoms with Gasteiger partial charge in [-0.3, -0.25) is 9.59 Å². The van der Waals surface area contributed by atoms with Crippen molar-refractivity contribution < 1.29 is 29.3 Å². The molecule has 0 aromatic heterocycles. The minimum absolute atomic E-state index is 0.133. The number of aliphatic hydroxyl groups excluding tert-OH is 2. The van der Waals surface area contributed by atoms with Crippen molar-refractivity contribution in [3.63, 3.8) is 0 Å². The number of carbonyl (C=O) groups is 2. The van der Waals surface area contributed by atoms with E-state index in [1.165, 1.54) is 57.8 Å². The molecule has 0 aliphatic carbocycles. The van der Waals surface area contributed by atoms with Crippen LogP contribution in [0.15, 0.2) is 72.9 Å². The Balaban J connectivity index is 3.84. The standard InChI is InChI=1S/C42H70O6/c1-4-6-7-8-9-10-11-12-13-17-20-23-27-32-39(44)33-28-25-30-35-42(46)48-40(36-43)37-47-41(45)34-29-24-21-18-15-14-16-19-22-26-31-38(3)5-2/h6-7,9-10,12-13,20,23,25,27-28,32,38-40,43-44H,4-5,8,11,14-19,21-22,24,26,29-31,33-37H2,1-3H3/b7-6-,10-9-,13-12-,23-20-,28-25-,32-27-/t38?,39?,40-/m0/s1. The van der Waals surface area contributed by atoms with Gasteiger partial charge in [-0.25, -0.2) is 0 Å². The van der Waals surface area contributed by atoms with Crippen LogP contribution in [-0.4, -0.2) is 47.6 Å². The highest BCUT2D eigenvalue weighted by Crippen LogP contribution is 2.15. The fourth-order valence-electron chi connectivity index (χ4n) is 4.87. The van der Waals surface area contributed by atoms with Gasteiger partial charge in [0, 0.05) is 12.8 Å². The first-order chi connectivity index (χ1) is 23.4. The van der Waals surface area contributed by atoms with Crippen molar-refractivity contribution >= 4 is 11.9 Å². The van der Waals surface area contributed by atoms with E-state index in [1.807, 2.05) is 30.4 Å². The Labute approximate surface area is 294 Å². The maximum atomic E-state index is 12.1. The normalized spacial score (nSPS) is 14.4. The van der Waals surface area contributed by atoms with Crippen molar-refractivity contribution in [1.82, 2.24) is 0 Å². The van der Waals surface area contributed by atoms with E-state index in [-0.39, 0.29) is 19.0 Å². The molecule has 0 aliphatic rings. The third kappa shape index (κ3) is 33.2.